The Morgan fingerprint density at radius 1 is 0.951 bits per heavy atom. The van der Waals surface area contributed by atoms with Gasteiger partial charge in [0, 0.05) is 18.0 Å². The summed E-state index contributed by atoms with van der Waals surface area (Å²) in [4.78, 5) is 33.1. The number of halogens is 1. The van der Waals surface area contributed by atoms with Gasteiger partial charge < -0.3 is 0 Å². The van der Waals surface area contributed by atoms with Crippen LogP contribution >= 0.6 is 27.2 Å². The third-order valence-corrected chi connectivity index (χ3v) is 16.0. The van der Waals surface area contributed by atoms with Crippen molar-refractivity contribution < 1.29 is 37.0 Å². The fourth-order valence-electron chi connectivity index (χ4n) is 5.04. The van der Waals surface area contributed by atoms with Crippen molar-refractivity contribution in [3.05, 3.63) is 64.7 Å². The van der Waals surface area contributed by atoms with Gasteiger partial charge >= 0.3 is 210 Å². The SMILES string of the molecule is Cc1sc(-c2ccncc2)nc1CCCOc1cc(CC([PH]2(O)OC(C)C(C)O2)[PH]2(O)OC(C)C(C)O2)ccc1F. The summed E-state index contributed by atoms with van der Waals surface area (Å²) in [5, 5.41) is 0.0258. The Hall–Kier alpha value is -1.65. The van der Waals surface area contributed by atoms with E-state index in [4.69, 9.17) is 27.8 Å². The summed E-state index contributed by atoms with van der Waals surface area (Å²) in [7, 11) is -7.86. The summed E-state index contributed by atoms with van der Waals surface area (Å²) < 4.78 is 44.3. The molecule has 2 aromatic heterocycles. The molecule has 0 amide bonds. The first-order chi connectivity index (χ1) is 19.5. The van der Waals surface area contributed by atoms with Gasteiger partial charge in [0.05, 0.1) is 0 Å². The fraction of sp³-hybridized carbons (Fsp3) is 0.500. The summed E-state index contributed by atoms with van der Waals surface area (Å²) in [5.74, 6) is -0.394. The number of aromatic nitrogens is 2. The topological polar surface area (TPSA) is 112 Å². The summed E-state index contributed by atoms with van der Waals surface area (Å²) in [6.07, 6.45) is 3.57. The number of hydrogen-bond donors (Lipinski definition) is 2. The zero-order valence-corrected chi connectivity index (χ0v) is 26.7. The minimum atomic E-state index is -3.93. The predicted molar refractivity (Wildman–Crippen MR) is 161 cm³/mol. The molecule has 41 heavy (non-hydrogen) atoms. The Morgan fingerprint density at radius 2 is 1.54 bits per heavy atom. The first-order valence-electron chi connectivity index (χ1n) is 13.9. The molecule has 0 spiro atoms. The molecule has 0 aliphatic carbocycles. The van der Waals surface area contributed by atoms with Crippen LogP contribution in [0.5, 0.6) is 5.75 Å². The van der Waals surface area contributed by atoms with E-state index in [1.165, 1.54) is 6.07 Å². The average Bonchev–Trinajstić information content (AvgIpc) is 3.53. The number of hydrogen-bond acceptors (Lipinski definition) is 10. The van der Waals surface area contributed by atoms with Crippen LogP contribution in [-0.4, -0.2) is 56.2 Å². The van der Waals surface area contributed by atoms with Crippen molar-refractivity contribution in [1.29, 1.82) is 0 Å². The van der Waals surface area contributed by atoms with Crippen LogP contribution in [0.15, 0.2) is 42.7 Å². The Balaban J connectivity index is 1.26. The van der Waals surface area contributed by atoms with Crippen molar-refractivity contribution in [1.82, 2.24) is 9.97 Å². The Kier molecular flexibility index (Phi) is 9.41. The van der Waals surface area contributed by atoms with Crippen LogP contribution in [0.3, 0.4) is 0 Å². The Labute approximate surface area is 245 Å². The second-order valence-corrected chi connectivity index (χ2v) is 17.4. The van der Waals surface area contributed by atoms with E-state index in [-0.39, 0.29) is 36.6 Å². The molecular weight excluding hydrogens is 589 g/mol. The van der Waals surface area contributed by atoms with Crippen LogP contribution in [0.4, 0.5) is 4.39 Å². The van der Waals surface area contributed by atoms with Crippen molar-refractivity contribution in [3.8, 4) is 16.3 Å². The molecule has 0 bridgehead atoms. The van der Waals surface area contributed by atoms with Crippen molar-refractivity contribution in [2.75, 3.05) is 6.61 Å². The number of pyridine rings is 1. The van der Waals surface area contributed by atoms with E-state index < -0.39 is 27.1 Å². The Morgan fingerprint density at radius 3 is 2.12 bits per heavy atom. The molecule has 1 aromatic carbocycles. The summed E-state index contributed by atoms with van der Waals surface area (Å²) in [5.41, 5.74) is 2.67. The van der Waals surface area contributed by atoms with Gasteiger partial charge in [-0.15, -0.1) is 0 Å². The molecule has 0 radical (unpaired) electrons. The van der Waals surface area contributed by atoms with Gasteiger partial charge in [-0.2, -0.15) is 0 Å². The number of aryl methyl sites for hydroxylation is 2. The van der Waals surface area contributed by atoms with Gasteiger partial charge in [-0.05, 0) is 12.1 Å². The van der Waals surface area contributed by atoms with Crippen LogP contribution in [0.2, 0.25) is 0 Å². The van der Waals surface area contributed by atoms with Gasteiger partial charge in [0.1, 0.15) is 0 Å². The van der Waals surface area contributed by atoms with Crippen molar-refractivity contribution in [3.63, 3.8) is 0 Å². The molecule has 5 rings (SSSR count). The molecule has 4 unspecified atom stereocenters. The molecule has 2 N–H and O–H groups in total. The third kappa shape index (κ3) is 6.80. The second kappa shape index (κ2) is 12.5. The summed E-state index contributed by atoms with van der Waals surface area (Å²) in [6.45, 7) is 9.61. The maximum atomic E-state index is 14.7. The Bertz CT molecular complexity index is 1300. The molecule has 226 valence electrons. The number of benzene rings is 1. The molecule has 0 saturated carbocycles. The van der Waals surface area contributed by atoms with Crippen LogP contribution in [-0.2, 0) is 30.9 Å². The standard InChI is InChI=1S/C28H39FN2O7P2S/c1-17-18(2)36-39(32,35-17)27(40(33)37-19(3)20(4)38-40)16-22-8-9-24(29)26(15-22)34-14-6-7-25-21(5)41-28(31-25)23-10-12-30-13-11-23/h8-13,15,17-20,27,32-33,39-40H,6-7,14,16H2,1-5H3. The first kappa shape index (κ1) is 30.8. The average molecular weight is 629 g/mol. The quantitative estimate of drug-likeness (QED) is 0.202. The van der Waals surface area contributed by atoms with Gasteiger partial charge in [-0.25, -0.2) is 0 Å². The van der Waals surface area contributed by atoms with Crippen LogP contribution in [0.1, 0.15) is 50.3 Å². The van der Waals surface area contributed by atoms with Crippen molar-refractivity contribution in [2.45, 2.75) is 83.7 Å². The number of ether oxygens (including phenoxy) is 1. The first-order valence-corrected chi connectivity index (χ1v) is 18.4. The summed E-state index contributed by atoms with van der Waals surface area (Å²) >= 11 is 1.64. The molecule has 4 atom stereocenters. The van der Waals surface area contributed by atoms with Crippen LogP contribution in [0, 0.1) is 12.7 Å². The van der Waals surface area contributed by atoms with Gasteiger partial charge in [-0.3, -0.25) is 4.98 Å². The van der Waals surface area contributed by atoms with E-state index in [1.54, 1.807) is 35.9 Å². The van der Waals surface area contributed by atoms with Crippen LogP contribution < -0.4 is 4.74 Å². The van der Waals surface area contributed by atoms with Crippen molar-refractivity contribution in [2.24, 2.45) is 0 Å². The number of nitrogens with zero attached hydrogens (tertiary/aromatic N) is 2. The van der Waals surface area contributed by atoms with Gasteiger partial charge in [0.15, 0.2) is 0 Å². The van der Waals surface area contributed by atoms with E-state index in [0.29, 0.717) is 25.0 Å². The number of rotatable bonds is 10. The van der Waals surface area contributed by atoms with E-state index in [1.807, 2.05) is 46.8 Å². The fourth-order valence-corrected chi connectivity index (χ4v) is 13.3. The molecule has 3 aromatic rings. The normalized spacial score (nSPS) is 27.4. The van der Waals surface area contributed by atoms with E-state index in [0.717, 1.165) is 21.1 Å². The van der Waals surface area contributed by atoms with E-state index >= 15 is 0 Å². The van der Waals surface area contributed by atoms with E-state index in [9.17, 15) is 14.2 Å². The maximum absolute atomic E-state index is 14.7. The second-order valence-electron chi connectivity index (χ2n) is 10.8. The predicted octanol–water partition coefficient (Wildman–Crippen LogP) is 6.15. The van der Waals surface area contributed by atoms with Gasteiger partial charge in [-0.1, -0.05) is 0 Å². The molecule has 13 heteroatoms. The summed E-state index contributed by atoms with van der Waals surface area (Å²) in [6, 6.07) is 8.40. The zero-order valence-electron chi connectivity index (χ0n) is 23.9. The van der Waals surface area contributed by atoms with E-state index in [2.05, 4.69) is 4.98 Å². The zero-order chi connectivity index (χ0) is 29.4. The molecular formula is C28H39FN2O7P2S. The molecule has 2 aliphatic rings. The monoisotopic (exact) mass is 628 g/mol. The minimum absolute atomic E-state index is 0.0982. The molecule has 2 aliphatic heterocycles. The van der Waals surface area contributed by atoms with Crippen LogP contribution in [0.25, 0.3) is 10.6 Å². The van der Waals surface area contributed by atoms with Gasteiger partial charge in [0.2, 0.25) is 0 Å². The van der Waals surface area contributed by atoms with Crippen molar-refractivity contribution >= 4 is 27.2 Å². The number of thiazole rings is 1. The molecule has 2 fully saturated rings. The van der Waals surface area contributed by atoms with Gasteiger partial charge in [0.25, 0.3) is 0 Å². The molecule has 4 heterocycles. The molecule has 9 nitrogen and oxygen atoms in total. The third-order valence-electron chi connectivity index (χ3n) is 7.69. The molecule has 2 saturated heterocycles.